The predicted octanol–water partition coefficient (Wildman–Crippen LogP) is 2.35. The highest BCUT2D eigenvalue weighted by atomic mass is 32.1. The first kappa shape index (κ1) is 15.4. The van der Waals surface area contributed by atoms with E-state index in [1.165, 1.54) is 4.88 Å². The predicted molar refractivity (Wildman–Crippen MR) is 81.0 cm³/mol. The number of aryl methyl sites for hydroxylation is 1. The van der Waals surface area contributed by atoms with Gasteiger partial charge in [0.1, 0.15) is 5.01 Å². The Morgan fingerprint density at radius 1 is 1.50 bits per heavy atom. The number of carbonyl (C=O) groups is 1. The summed E-state index contributed by atoms with van der Waals surface area (Å²) in [5, 5.41) is 10.5. The molecule has 2 heterocycles. The number of aliphatic hydroxyl groups is 1. The Morgan fingerprint density at radius 3 is 2.70 bits per heavy atom. The summed E-state index contributed by atoms with van der Waals surface area (Å²) in [6, 6.07) is 0. The minimum atomic E-state index is -0.331. The molecule has 1 aliphatic rings. The quantitative estimate of drug-likeness (QED) is 0.928. The zero-order valence-electron chi connectivity index (χ0n) is 12.7. The molecule has 2 unspecified atom stereocenters. The van der Waals surface area contributed by atoms with Gasteiger partial charge in [-0.05, 0) is 26.2 Å². The molecule has 0 radical (unpaired) electrons. The van der Waals surface area contributed by atoms with Crippen molar-refractivity contribution in [3.05, 3.63) is 15.6 Å². The van der Waals surface area contributed by atoms with Gasteiger partial charge in [-0.1, -0.05) is 13.8 Å². The third-order valence-corrected chi connectivity index (χ3v) is 4.97. The molecule has 1 aromatic heterocycles. The van der Waals surface area contributed by atoms with Crippen LogP contribution < -0.4 is 0 Å². The number of nitrogens with zero attached hydrogens (tertiary/aromatic N) is 2. The lowest BCUT2D eigenvalue weighted by atomic mass is 10.0. The van der Waals surface area contributed by atoms with Gasteiger partial charge in [0.2, 0.25) is 5.91 Å². The summed E-state index contributed by atoms with van der Waals surface area (Å²) in [7, 11) is 0. The molecular weight excluding hydrogens is 272 g/mol. The summed E-state index contributed by atoms with van der Waals surface area (Å²) in [6.45, 7) is 9.56. The molecular formula is C15H24N2O2S. The van der Waals surface area contributed by atoms with Crippen molar-refractivity contribution in [2.75, 3.05) is 13.1 Å². The Labute approximate surface area is 124 Å². The van der Waals surface area contributed by atoms with Crippen LogP contribution in [0.5, 0.6) is 0 Å². The van der Waals surface area contributed by atoms with Crippen molar-refractivity contribution in [2.45, 2.75) is 52.6 Å². The molecule has 1 N–H and O–H groups in total. The minimum absolute atomic E-state index is 0.136. The molecule has 0 bridgehead atoms. The molecule has 1 aromatic rings. The highest BCUT2D eigenvalue weighted by Gasteiger charge is 2.29. The average Bonchev–Trinajstić information content (AvgIpc) is 2.95. The smallest absolute Gasteiger partial charge is 0.229 e. The van der Waals surface area contributed by atoms with Crippen LogP contribution in [0.4, 0.5) is 0 Å². The first-order chi connectivity index (χ1) is 9.38. The second-order valence-corrected chi connectivity index (χ2v) is 7.30. The molecule has 1 fully saturated rings. The number of thiazole rings is 1. The molecule has 1 amide bonds. The van der Waals surface area contributed by atoms with Crippen LogP contribution in [-0.4, -0.2) is 40.1 Å². The molecule has 20 heavy (non-hydrogen) atoms. The molecule has 0 aliphatic carbocycles. The maximum absolute atomic E-state index is 12.3. The number of hydrogen-bond acceptors (Lipinski definition) is 4. The fourth-order valence-electron chi connectivity index (χ4n) is 2.72. The van der Waals surface area contributed by atoms with E-state index in [0.717, 1.165) is 23.7 Å². The van der Waals surface area contributed by atoms with Gasteiger partial charge in [0, 0.05) is 23.9 Å². The Balaban J connectivity index is 1.97. The lowest BCUT2D eigenvalue weighted by Gasteiger charge is -2.17. The Bertz CT molecular complexity index is 482. The standard InChI is InChI=1S/C15H24N2O2S/c1-9(2)15-11(4)20-13(16-15)7-14(19)17-6-5-12(8-17)10(3)18/h9-10,12,18H,5-8H2,1-4H3. The minimum Gasteiger partial charge on any atom is -0.393 e. The third kappa shape index (κ3) is 3.38. The van der Waals surface area contributed by atoms with Gasteiger partial charge in [0.25, 0.3) is 0 Å². The molecule has 2 rings (SSSR count). The Hall–Kier alpha value is -0.940. The molecule has 4 nitrogen and oxygen atoms in total. The van der Waals surface area contributed by atoms with Crippen LogP contribution in [-0.2, 0) is 11.2 Å². The van der Waals surface area contributed by atoms with Crippen molar-refractivity contribution < 1.29 is 9.90 Å². The van der Waals surface area contributed by atoms with Crippen LogP contribution in [0.25, 0.3) is 0 Å². The molecule has 5 heteroatoms. The van der Waals surface area contributed by atoms with Crippen LogP contribution in [0.3, 0.4) is 0 Å². The zero-order valence-corrected chi connectivity index (χ0v) is 13.5. The van der Waals surface area contributed by atoms with Gasteiger partial charge in [-0.25, -0.2) is 4.98 Å². The summed E-state index contributed by atoms with van der Waals surface area (Å²) >= 11 is 1.63. The molecule has 0 saturated carbocycles. The Kier molecular flexibility index (Phi) is 4.81. The molecule has 0 spiro atoms. The average molecular weight is 296 g/mol. The third-order valence-electron chi connectivity index (χ3n) is 3.99. The van der Waals surface area contributed by atoms with Crippen molar-refractivity contribution in [1.82, 2.24) is 9.88 Å². The number of carbonyl (C=O) groups excluding carboxylic acids is 1. The van der Waals surface area contributed by atoms with Gasteiger partial charge in [0.05, 0.1) is 18.2 Å². The van der Waals surface area contributed by atoms with E-state index < -0.39 is 0 Å². The SMILES string of the molecule is Cc1sc(CC(=O)N2CCC(C(C)O)C2)nc1C(C)C. The van der Waals surface area contributed by atoms with Gasteiger partial charge in [-0.15, -0.1) is 11.3 Å². The number of amides is 1. The molecule has 1 aliphatic heterocycles. The summed E-state index contributed by atoms with van der Waals surface area (Å²) in [5.74, 6) is 0.766. The first-order valence-corrected chi connectivity index (χ1v) is 8.12. The number of hydrogen-bond donors (Lipinski definition) is 1. The van der Waals surface area contributed by atoms with Crippen LogP contribution >= 0.6 is 11.3 Å². The number of aliphatic hydroxyl groups excluding tert-OH is 1. The number of rotatable bonds is 4. The lowest BCUT2D eigenvalue weighted by Crippen LogP contribution is -2.31. The van der Waals surface area contributed by atoms with Gasteiger partial charge in [-0.3, -0.25) is 4.79 Å². The van der Waals surface area contributed by atoms with E-state index in [-0.39, 0.29) is 17.9 Å². The zero-order chi connectivity index (χ0) is 14.9. The van der Waals surface area contributed by atoms with E-state index in [1.54, 1.807) is 18.3 Å². The largest absolute Gasteiger partial charge is 0.393 e. The number of likely N-dealkylation sites (tertiary alicyclic amines) is 1. The summed E-state index contributed by atoms with van der Waals surface area (Å²) in [5.41, 5.74) is 1.11. The summed E-state index contributed by atoms with van der Waals surface area (Å²) in [6.07, 6.45) is 0.963. The second-order valence-electron chi connectivity index (χ2n) is 6.01. The van der Waals surface area contributed by atoms with E-state index in [9.17, 15) is 9.90 Å². The van der Waals surface area contributed by atoms with Crippen molar-refractivity contribution in [1.29, 1.82) is 0 Å². The van der Waals surface area contributed by atoms with Crippen molar-refractivity contribution in [3.8, 4) is 0 Å². The van der Waals surface area contributed by atoms with E-state index in [2.05, 4.69) is 25.8 Å². The van der Waals surface area contributed by atoms with Crippen LogP contribution in [0.15, 0.2) is 0 Å². The first-order valence-electron chi connectivity index (χ1n) is 7.30. The van der Waals surface area contributed by atoms with Gasteiger partial charge >= 0.3 is 0 Å². The topological polar surface area (TPSA) is 53.4 Å². The highest BCUT2D eigenvalue weighted by Crippen LogP contribution is 2.26. The normalized spacial score (nSPS) is 20.7. The van der Waals surface area contributed by atoms with Crippen LogP contribution in [0.2, 0.25) is 0 Å². The van der Waals surface area contributed by atoms with Crippen molar-refractivity contribution >= 4 is 17.2 Å². The highest BCUT2D eigenvalue weighted by molar-refractivity contribution is 7.11. The van der Waals surface area contributed by atoms with Crippen LogP contribution in [0.1, 0.15) is 48.7 Å². The van der Waals surface area contributed by atoms with E-state index >= 15 is 0 Å². The molecule has 0 aromatic carbocycles. The fraction of sp³-hybridized carbons (Fsp3) is 0.733. The maximum atomic E-state index is 12.3. The van der Waals surface area contributed by atoms with Gasteiger partial charge < -0.3 is 10.0 Å². The van der Waals surface area contributed by atoms with Crippen molar-refractivity contribution in [3.63, 3.8) is 0 Å². The fourth-order valence-corrected chi connectivity index (χ4v) is 3.80. The van der Waals surface area contributed by atoms with Gasteiger partial charge in [0.15, 0.2) is 0 Å². The molecule has 2 atom stereocenters. The maximum Gasteiger partial charge on any atom is 0.229 e. The summed E-state index contributed by atoms with van der Waals surface area (Å²) < 4.78 is 0. The molecule has 1 saturated heterocycles. The van der Waals surface area contributed by atoms with Gasteiger partial charge in [-0.2, -0.15) is 0 Å². The van der Waals surface area contributed by atoms with Crippen molar-refractivity contribution in [2.24, 2.45) is 5.92 Å². The lowest BCUT2D eigenvalue weighted by molar-refractivity contribution is -0.129. The van der Waals surface area contributed by atoms with Crippen LogP contribution in [0, 0.1) is 12.8 Å². The monoisotopic (exact) mass is 296 g/mol. The summed E-state index contributed by atoms with van der Waals surface area (Å²) in [4.78, 5) is 20.0. The molecule has 112 valence electrons. The number of aromatic nitrogens is 1. The van der Waals surface area contributed by atoms with E-state index in [0.29, 0.717) is 18.9 Å². The Morgan fingerprint density at radius 2 is 2.20 bits per heavy atom. The van der Waals surface area contributed by atoms with E-state index in [1.807, 2.05) is 4.90 Å². The second kappa shape index (κ2) is 6.22. The van der Waals surface area contributed by atoms with E-state index in [4.69, 9.17) is 0 Å².